The lowest BCUT2D eigenvalue weighted by atomic mass is 9.87. The molecule has 0 aromatic carbocycles. The summed E-state index contributed by atoms with van der Waals surface area (Å²) in [4.78, 5) is 11.7. The van der Waals surface area contributed by atoms with Gasteiger partial charge in [0, 0.05) is 6.54 Å². The largest absolute Gasteiger partial charge is 0.391 e. The average Bonchev–Trinajstić information content (AvgIpc) is 2.25. The Morgan fingerprint density at radius 3 is 2.06 bits per heavy atom. The van der Waals surface area contributed by atoms with Gasteiger partial charge in [0.15, 0.2) is 0 Å². The Kier molecular flexibility index (Phi) is 9.70. The number of amides is 1. The van der Waals surface area contributed by atoms with Gasteiger partial charge >= 0.3 is 0 Å². The fraction of sp³-hybridized carbons (Fsp3) is 0.923. The molecular formula is C13H29ClN2O2. The summed E-state index contributed by atoms with van der Waals surface area (Å²) in [6, 6.07) is -0.545. The molecule has 0 spiro atoms. The third-order valence-electron chi connectivity index (χ3n) is 3.29. The minimum Gasteiger partial charge on any atom is -0.391 e. The van der Waals surface area contributed by atoms with Crippen LogP contribution in [-0.4, -0.2) is 29.7 Å². The first-order valence-electron chi connectivity index (χ1n) is 6.45. The Hall–Kier alpha value is -0.320. The SMILES string of the molecule is CCC(CC)C(O)CNC(=O)[C@@H](N)C(C)(C)C.Cl. The van der Waals surface area contributed by atoms with Crippen molar-refractivity contribution in [1.82, 2.24) is 5.32 Å². The number of carbonyl (C=O) groups excluding carboxylic acids is 1. The molecular weight excluding hydrogens is 252 g/mol. The van der Waals surface area contributed by atoms with E-state index in [0.717, 1.165) is 12.8 Å². The summed E-state index contributed by atoms with van der Waals surface area (Å²) >= 11 is 0. The predicted molar refractivity (Wildman–Crippen MR) is 77.8 cm³/mol. The lowest BCUT2D eigenvalue weighted by molar-refractivity contribution is -0.125. The molecule has 0 aromatic heterocycles. The number of nitrogens with two attached hydrogens (primary N) is 1. The fourth-order valence-electron chi connectivity index (χ4n) is 1.71. The van der Waals surface area contributed by atoms with E-state index in [-0.39, 0.29) is 36.2 Å². The van der Waals surface area contributed by atoms with Crippen LogP contribution in [0.1, 0.15) is 47.5 Å². The van der Waals surface area contributed by atoms with Gasteiger partial charge in [-0.2, -0.15) is 0 Å². The molecule has 5 heteroatoms. The highest BCUT2D eigenvalue weighted by Crippen LogP contribution is 2.17. The number of carbonyl (C=O) groups is 1. The number of hydrogen-bond acceptors (Lipinski definition) is 3. The molecule has 4 nitrogen and oxygen atoms in total. The van der Waals surface area contributed by atoms with Crippen LogP contribution in [0.2, 0.25) is 0 Å². The van der Waals surface area contributed by atoms with Crippen molar-refractivity contribution in [3.63, 3.8) is 0 Å². The summed E-state index contributed by atoms with van der Waals surface area (Å²) in [6.45, 7) is 10.1. The van der Waals surface area contributed by atoms with Crippen LogP contribution < -0.4 is 11.1 Å². The van der Waals surface area contributed by atoms with Crippen LogP contribution in [-0.2, 0) is 4.79 Å². The molecule has 0 aliphatic rings. The number of aliphatic hydroxyl groups excluding tert-OH is 1. The molecule has 0 saturated carbocycles. The highest BCUT2D eigenvalue weighted by molar-refractivity contribution is 5.85. The summed E-state index contributed by atoms with van der Waals surface area (Å²) < 4.78 is 0. The van der Waals surface area contributed by atoms with E-state index in [1.807, 2.05) is 34.6 Å². The summed E-state index contributed by atoms with van der Waals surface area (Å²) in [6.07, 6.45) is 1.35. The van der Waals surface area contributed by atoms with Crippen molar-refractivity contribution in [1.29, 1.82) is 0 Å². The average molecular weight is 281 g/mol. The Bertz CT molecular complexity index is 238. The zero-order chi connectivity index (χ0) is 13.6. The van der Waals surface area contributed by atoms with Gasteiger partial charge < -0.3 is 16.2 Å². The number of halogens is 1. The van der Waals surface area contributed by atoms with E-state index in [0.29, 0.717) is 0 Å². The van der Waals surface area contributed by atoms with E-state index in [1.165, 1.54) is 0 Å². The van der Waals surface area contributed by atoms with Gasteiger partial charge in [0.1, 0.15) is 0 Å². The van der Waals surface area contributed by atoms with Gasteiger partial charge in [-0.25, -0.2) is 0 Å². The van der Waals surface area contributed by atoms with Crippen molar-refractivity contribution >= 4 is 18.3 Å². The molecule has 1 amide bonds. The van der Waals surface area contributed by atoms with Crippen LogP contribution >= 0.6 is 12.4 Å². The Morgan fingerprint density at radius 1 is 1.28 bits per heavy atom. The van der Waals surface area contributed by atoms with Crippen molar-refractivity contribution in [3.05, 3.63) is 0 Å². The van der Waals surface area contributed by atoms with E-state index < -0.39 is 12.1 Å². The standard InChI is InChI=1S/C13H28N2O2.ClH/c1-6-9(7-2)10(16)8-15-12(17)11(14)13(3,4)5;/h9-11,16H,6-8,14H2,1-5H3,(H,15,17);1H/t10?,11-;/m1./s1. The fourth-order valence-corrected chi connectivity index (χ4v) is 1.71. The maximum atomic E-state index is 11.7. The van der Waals surface area contributed by atoms with Crippen LogP contribution in [0.3, 0.4) is 0 Å². The minimum atomic E-state index is -0.545. The second-order valence-corrected chi connectivity index (χ2v) is 5.73. The number of rotatable bonds is 6. The molecule has 110 valence electrons. The lowest BCUT2D eigenvalue weighted by Gasteiger charge is -2.27. The van der Waals surface area contributed by atoms with Gasteiger partial charge in [0.05, 0.1) is 12.1 Å². The second-order valence-electron chi connectivity index (χ2n) is 5.73. The van der Waals surface area contributed by atoms with Crippen molar-refractivity contribution in [3.8, 4) is 0 Å². The van der Waals surface area contributed by atoms with Gasteiger partial charge in [0.25, 0.3) is 0 Å². The topological polar surface area (TPSA) is 75.3 Å². The van der Waals surface area contributed by atoms with Crippen LogP contribution in [0.5, 0.6) is 0 Å². The summed E-state index contributed by atoms with van der Waals surface area (Å²) in [5.74, 6) is 0.0451. The van der Waals surface area contributed by atoms with E-state index in [9.17, 15) is 9.90 Å². The zero-order valence-corrected chi connectivity index (χ0v) is 13.0. The molecule has 0 rings (SSSR count). The summed E-state index contributed by atoms with van der Waals surface area (Å²) in [5.41, 5.74) is 5.57. The summed E-state index contributed by atoms with van der Waals surface area (Å²) in [5, 5.41) is 12.6. The van der Waals surface area contributed by atoms with Gasteiger partial charge in [-0.3, -0.25) is 4.79 Å². The number of aliphatic hydroxyl groups is 1. The molecule has 0 aliphatic carbocycles. The van der Waals surface area contributed by atoms with Crippen LogP contribution in [0.4, 0.5) is 0 Å². The van der Waals surface area contributed by atoms with Crippen LogP contribution in [0, 0.1) is 11.3 Å². The van der Waals surface area contributed by atoms with Crippen LogP contribution in [0.15, 0.2) is 0 Å². The molecule has 0 saturated heterocycles. The second kappa shape index (κ2) is 8.73. The van der Waals surface area contributed by atoms with E-state index in [4.69, 9.17) is 5.73 Å². The molecule has 2 atom stereocenters. The monoisotopic (exact) mass is 280 g/mol. The molecule has 1 unspecified atom stereocenters. The Balaban J connectivity index is 0. The first kappa shape index (κ1) is 20.0. The van der Waals surface area contributed by atoms with Gasteiger partial charge in [-0.05, 0) is 11.3 Å². The third kappa shape index (κ3) is 6.57. The van der Waals surface area contributed by atoms with E-state index >= 15 is 0 Å². The molecule has 0 radical (unpaired) electrons. The Labute approximate surface area is 117 Å². The summed E-state index contributed by atoms with van der Waals surface area (Å²) in [7, 11) is 0. The highest BCUT2D eigenvalue weighted by Gasteiger charge is 2.28. The first-order valence-corrected chi connectivity index (χ1v) is 6.45. The lowest BCUT2D eigenvalue weighted by Crippen LogP contribution is -2.50. The van der Waals surface area contributed by atoms with Gasteiger partial charge in [-0.1, -0.05) is 47.5 Å². The van der Waals surface area contributed by atoms with Crippen molar-refractivity contribution in [2.75, 3.05) is 6.54 Å². The highest BCUT2D eigenvalue weighted by atomic mass is 35.5. The molecule has 4 N–H and O–H groups in total. The van der Waals surface area contributed by atoms with E-state index in [2.05, 4.69) is 5.32 Å². The van der Waals surface area contributed by atoms with Gasteiger partial charge in [-0.15, -0.1) is 12.4 Å². The van der Waals surface area contributed by atoms with Crippen LogP contribution in [0.25, 0.3) is 0 Å². The quantitative estimate of drug-likeness (QED) is 0.693. The molecule has 0 aromatic rings. The smallest absolute Gasteiger partial charge is 0.237 e. The zero-order valence-electron chi connectivity index (χ0n) is 12.2. The number of hydrogen-bond donors (Lipinski definition) is 3. The Morgan fingerprint density at radius 2 is 1.72 bits per heavy atom. The molecule has 0 fully saturated rings. The maximum absolute atomic E-state index is 11.7. The first-order chi connectivity index (χ1) is 7.73. The normalized spacial score (nSPS) is 14.9. The van der Waals surface area contributed by atoms with Gasteiger partial charge in [0.2, 0.25) is 5.91 Å². The maximum Gasteiger partial charge on any atom is 0.237 e. The van der Waals surface area contributed by atoms with Crippen molar-refractivity contribution in [2.24, 2.45) is 17.1 Å². The minimum absolute atomic E-state index is 0. The predicted octanol–water partition coefficient (Wildman–Crippen LogP) is 1.69. The molecule has 0 heterocycles. The molecule has 18 heavy (non-hydrogen) atoms. The third-order valence-corrected chi connectivity index (χ3v) is 3.29. The molecule has 0 bridgehead atoms. The number of nitrogens with one attached hydrogen (secondary N) is 1. The van der Waals surface area contributed by atoms with E-state index in [1.54, 1.807) is 0 Å². The van der Waals surface area contributed by atoms with Crippen molar-refractivity contribution in [2.45, 2.75) is 59.6 Å². The molecule has 0 aliphatic heterocycles. The van der Waals surface area contributed by atoms with Crippen molar-refractivity contribution < 1.29 is 9.90 Å².